The second kappa shape index (κ2) is 16.3. The quantitative estimate of drug-likeness (QED) is 0.113. The lowest BCUT2D eigenvalue weighted by atomic mass is 9.96. The van der Waals surface area contributed by atoms with Crippen molar-refractivity contribution in [1.29, 1.82) is 0 Å². The van der Waals surface area contributed by atoms with Crippen LogP contribution in [0.1, 0.15) is 76.1 Å². The number of likely N-dealkylation sites (tertiary alicyclic amines) is 1. The summed E-state index contributed by atoms with van der Waals surface area (Å²) in [5, 5.41) is 9.52. The van der Waals surface area contributed by atoms with E-state index in [1.54, 1.807) is 0 Å². The number of carbonyl (C=O) groups is 1. The molecule has 5 heterocycles. The smallest absolute Gasteiger partial charge is 0.410 e. The number of benzene rings is 2. The Kier molecular flexibility index (Phi) is 11.7. The molecule has 0 aliphatic carbocycles. The molecular formula is C41H57F2N7O4Si. The molecule has 14 heteroatoms. The van der Waals surface area contributed by atoms with Crippen LogP contribution in [-0.2, 0) is 40.6 Å². The number of fused-ring (bicyclic) bond motifs is 2. The number of nitrogens with zero attached hydrogens (tertiary/aromatic N) is 6. The van der Waals surface area contributed by atoms with Gasteiger partial charge in [0.05, 0.1) is 16.9 Å². The summed E-state index contributed by atoms with van der Waals surface area (Å²) in [5.41, 5.74) is 4.71. The molecule has 2 aromatic heterocycles. The van der Waals surface area contributed by atoms with Crippen LogP contribution >= 0.6 is 0 Å². The van der Waals surface area contributed by atoms with Crippen molar-refractivity contribution in [1.82, 2.24) is 29.1 Å². The molecule has 2 fully saturated rings. The number of aromatic nitrogens is 4. The number of piperidine rings is 1. The van der Waals surface area contributed by atoms with Gasteiger partial charge in [-0.3, -0.25) is 4.90 Å². The normalized spacial score (nSPS) is 18.6. The van der Waals surface area contributed by atoms with Gasteiger partial charge in [-0.1, -0.05) is 19.6 Å². The van der Waals surface area contributed by atoms with E-state index in [0.29, 0.717) is 44.5 Å². The summed E-state index contributed by atoms with van der Waals surface area (Å²) in [6, 6.07) is 10.7. The molecule has 2 aromatic carbocycles. The maximum atomic E-state index is 14.0. The van der Waals surface area contributed by atoms with Gasteiger partial charge in [0.25, 0.3) is 0 Å². The van der Waals surface area contributed by atoms with Gasteiger partial charge in [-0.25, -0.2) is 23.2 Å². The van der Waals surface area contributed by atoms with Crippen LogP contribution in [0.15, 0.2) is 36.4 Å². The van der Waals surface area contributed by atoms with Crippen molar-refractivity contribution >= 4 is 30.8 Å². The molecule has 0 saturated carbocycles. The summed E-state index contributed by atoms with van der Waals surface area (Å²) in [4.78, 5) is 22.3. The second-order valence-corrected chi connectivity index (χ2v) is 23.3. The van der Waals surface area contributed by atoms with Crippen LogP contribution in [-0.4, -0.2) is 81.7 Å². The summed E-state index contributed by atoms with van der Waals surface area (Å²) in [6.07, 6.45) is 4.44. The predicted octanol–water partition coefficient (Wildman–Crippen LogP) is 8.76. The Morgan fingerprint density at radius 3 is 2.47 bits per heavy atom. The molecule has 0 bridgehead atoms. The van der Waals surface area contributed by atoms with Crippen molar-refractivity contribution in [2.75, 3.05) is 38.2 Å². The van der Waals surface area contributed by atoms with Gasteiger partial charge in [0, 0.05) is 77.7 Å². The molecule has 11 nitrogen and oxygen atoms in total. The minimum Gasteiger partial charge on any atom is -0.444 e. The lowest BCUT2D eigenvalue weighted by Crippen LogP contribution is -2.43. The molecule has 4 aromatic rings. The molecule has 55 heavy (non-hydrogen) atoms. The molecule has 298 valence electrons. The average molecular weight is 778 g/mol. The van der Waals surface area contributed by atoms with E-state index in [-0.39, 0.29) is 18.9 Å². The number of hydrogen-bond donors (Lipinski definition) is 1. The minimum atomic E-state index is -1.30. The maximum absolute atomic E-state index is 14.0. The predicted molar refractivity (Wildman–Crippen MR) is 212 cm³/mol. The van der Waals surface area contributed by atoms with Crippen LogP contribution < -0.4 is 5.32 Å². The summed E-state index contributed by atoms with van der Waals surface area (Å²) in [6.45, 7) is 18.6. The highest BCUT2D eigenvalue weighted by Crippen LogP contribution is 2.37. The Morgan fingerprint density at radius 1 is 1.02 bits per heavy atom. The highest BCUT2D eigenvalue weighted by atomic mass is 28.3. The summed E-state index contributed by atoms with van der Waals surface area (Å²) < 4.78 is 50.4. The van der Waals surface area contributed by atoms with E-state index in [1.165, 1.54) is 12.1 Å². The van der Waals surface area contributed by atoms with E-state index in [1.807, 2.05) is 42.5 Å². The Hall–Kier alpha value is -3.85. The van der Waals surface area contributed by atoms with Gasteiger partial charge in [-0.05, 0) is 101 Å². The molecule has 0 spiro atoms. The van der Waals surface area contributed by atoms with Gasteiger partial charge in [-0.15, -0.1) is 0 Å². The molecule has 3 aliphatic rings. The Balaban J connectivity index is 1.15. The first kappa shape index (κ1) is 39.4. The first-order valence-electron chi connectivity index (χ1n) is 19.9. The number of hydrogen-bond acceptors (Lipinski definition) is 8. The molecular weight excluding hydrogens is 721 g/mol. The van der Waals surface area contributed by atoms with Crippen LogP contribution in [0.2, 0.25) is 25.7 Å². The molecule has 1 atom stereocenters. The third-order valence-corrected chi connectivity index (χ3v) is 12.4. The number of carbonyl (C=O) groups excluding carboxylic acids is 1. The van der Waals surface area contributed by atoms with Crippen LogP contribution in [0.5, 0.6) is 0 Å². The molecule has 7 rings (SSSR count). The first-order chi connectivity index (χ1) is 26.2. The largest absolute Gasteiger partial charge is 0.444 e. The second-order valence-electron chi connectivity index (χ2n) is 17.7. The fraction of sp³-hybridized carbons (Fsp3) is 0.585. The highest BCUT2D eigenvalue weighted by Gasteiger charge is 2.33. The SMILES string of the molecule is CC(C)(C)OC(=O)N1CCC(CN2Cc3nc(-c4nn(C5CCCCO5)c5ccc(NCc6cc(F)cc(F)c6)cc45)n(COCC[Si](C)(C)C)c3C2)CC1. The van der Waals surface area contributed by atoms with Gasteiger partial charge >= 0.3 is 6.09 Å². The number of rotatable bonds is 12. The van der Waals surface area contributed by atoms with E-state index in [9.17, 15) is 13.6 Å². The van der Waals surface area contributed by atoms with Gasteiger partial charge in [0.2, 0.25) is 0 Å². The van der Waals surface area contributed by atoms with E-state index >= 15 is 0 Å². The lowest BCUT2D eigenvalue weighted by Gasteiger charge is -2.34. The minimum absolute atomic E-state index is 0.181. The topological polar surface area (TPSA) is 98.9 Å². The molecule has 0 radical (unpaired) electrons. The molecule has 1 N–H and O–H groups in total. The molecule has 2 saturated heterocycles. The van der Waals surface area contributed by atoms with Crippen LogP contribution in [0.4, 0.5) is 19.3 Å². The third-order valence-electron chi connectivity index (χ3n) is 10.7. The zero-order valence-corrected chi connectivity index (χ0v) is 34.3. The van der Waals surface area contributed by atoms with Crippen LogP contribution in [0.3, 0.4) is 0 Å². The van der Waals surface area contributed by atoms with E-state index in [4.69, 9.17) is 24.3 Å². The molecule has 3 aliphatic heterocycles. The fourth-order valence-corrected chi connectivity index (χ4v) is 8.52. The first-order valence-corrected chi connectivity index (χ1v) is 23.6. The number of anilines is 1. The van der Waals surface area contributed by atoms with E-state index in [2.05, 4.69) is 40.5 Å². The number of ether oxygens (including phenoxy) is 3. The number of nitrogens with one attached hydrogen (secondary N) is 1. The molecule has 1 amide bonds. The van der Waals surface area contributed by atoms with Gasteiger partial charge < -0.3 is 29.0 Å². The molecule has 1 unspecified atom stereocenters. The summed E-state index contributed by atoms with van der Waals surface area (Å²) in [5.74, 6) is 0.0514. The van der Waals surface area contributed by atoms with Crippen LogP contribution in [0, 0.1) is 17.6 Å². The number of imidazole rings is 1. The number of halogens is 2. The van der Waals surface area contributed by atoms with Gasteiger partial charge in [0.1, 0.15) is 29.7 Å². The van der Waals surface area contributed by atoms with E-state index in [0.717, 1.165) is 103 Å². The summed E-state index contributed by atoms with van der Waals surface area (Å²) >= 11 is 0. The fourth-order valence-electron chi connectivity index (χ4n) is 7.76. The van der Waals surface area contributed by atoms with Gasteiger partial charge in [0.15, 0.2) is 12.1 Å². The Bertz CT molecular complexity index is 1950. The zero-order valence-electron chi connectivity index (χ0n) is 33.3. The standard InChI is InChI=1S/C41H57F2N7O4Si/c1-41(2,3)54-40(51)48-14-12-28(13-15-48)24-47-25-34-36(26-47)49(27-52-17-18-55(4,5)6)39(45-34)38-33-22-32(44-23-29-19-30(42)21-31(43)20-29)10-11-35(33)50(46-38)37-9-7-8-16-53-37/h10-11,19-22,28,37,44H,7-9,12-18,23-27H2,1-6H3. The highest BCUT2D eigenvalue weighted by molar-refractivity contribution is 6.76. The average Bonchev–Trinajstić information content (AvgIpc) is 3.79. The Labute approximate surface area is 324 Å². The zero-order chi connectivity index (χ0) is 38.9. The van der Waals surface area contributed by atoms with Crippen molar-refractivity contribution in [3.8, 4) is 11.5 Å². The van der Waals surface area contributed by atoms with Crippen molar-refractivity contribution in [3.63, 3.8) is 0 Å². The van der Waals surface area contributed by atoms with Crippen LogP contribution in [0.25, 0.3) is 22.4 Å². The van der Waals surface area contributed by atoms with Gasteiger partial charge in [-0.2, -0.15) is 5.10 Å². The monoisotopic (exact) mass is 777 g/mol. The Morgan fingerprint density at radius 2 is 1.78 bits per heavy atom. The van der Waals surface area contributed by atoms with Crippen molar-refractivity contribution in [2.45, 2.75) is 117 Å². The maximum Gasteiger partial charge on any atom is 0.410 e. The van der Waals surface area contributed by atoms with Crippen molar-refractivity contribution < 1.29 is 27.8 Å². The van der Waals surface area contributed by atoms with Crippen molar-refractivity contribution in [3.05, 3.63) is 65.0 Å². The van der Waals surface area contributed by atoms with Crippen molar-refractivity contribution in [2.24, 2.45) is 5.92 Å². The lowest BCUT2D eigenvalue weighted by molar-refractivity contribution is -0.0365. The third kappa shape index (κ3) is 9.76. The summed E-state index contributed by atoms with van der Waals surface area (Å²) in [7, 11) is -1.30. The number of amides is 1. The van der Waals surface area contributed by atoms with E-state index < -0.39 is 25.3 Å².